The van der Waals surface area contributed by atoms with Crippen LogP contribution in [0.5, 0.6) is 5.75 Å². The third kappa shape index (κ3) is 5.76. The van der Waals surface area contributed by atoms with Crippen molar-refractivity contribution in [2.24, 2.45) is 0 Å². The predicted molar refractivity (Wildman–Crippen MR) is 74.4 cm³/mol. The van der Waals surface area contributed by atoms with Crippen LogP contribution in [-0.4, -0.2) is 49.4 Å². The second-order valence-corrected chi connectivity index (χ2v) is 4.18. The third-order valence-electron chi connectivity index (χ3n) is 2.62. The van der Waals surface area contributed by atoms with Gasteiger partial charge in [0, 0.05) is 31.9 Å². The summed E-state index contributed by atoms with van der Waals surface area (Å²) >= 11 is 0. The number of carbonyl (C=O) groups excluding carboxylic acids is 1. The van der Waals surface area contributed by atoms with E-state index in [0.29, 0.717) is 32.8 Å². The van der Waals surface area contributed by atoms with Gasteiger partial charge in [0.1, 0.15) is 0 Å². The Morgan fingerprint density at radius 3 is 2.76 bits per heavy atom. The first-order valence-electron chi connectivity index (χ1n) is 6.38. The molecular formula is C13H18N2O6. The van der Waals surface area contributed by atoms with E-state index >= 15 is 0 Å². The fourth-order valence-electron chi connectivity index (χ4n) is 1.54. The molecule has 0 spiro atoms. The van der Waals surface area contributed by atoms with Crippen molar-refractivity contribution in [3.05, 3.63) is 33.9 Å². The highest BCUT2D eigenvalue weighted by Gasteiger charge is 2.15. The van der Waals surface area contributed by atoms with Crippen LogP contribution in [0.1, 0.15) is 16.8 Å². The topological polar surface area (TPSA) is 111 Å². The minimum absolute atomic E-state index is 0.165. The van der Waals surface area contributed by atoms with E-state index in [1.807, 2.05) is 0 Å². The van der Waals surface area contributed by atoms with Crippen molar-refractivity contribution in [1.29, 1.82) is 0 Å². The number of aromatic hydroxyl groups is 1. The number of hydrogen-bond donors (Lipinski definition) is 2. The number of nitrogens with zero attached hydrogens (tertiary/aromatic N) is 1. The first-order valence-corrected chi connectivity index (χ1v) is 6.38. The second kappa shape index (κ2) is 8.88. The van der Waals surface area contributed by atoms with Crippen molar-refractivity contribution in [3.8, 4) is 5.75 Å². The van der Waals surface area contributed by atoms with Crippen LogP contribution in [0.25, 0.3) is 0 Å². The number of benzene rings is 1. The zero-order chi connectivity index (χ0) is 15.7. The first kappa shape index (κ1) is 16.9. The smallest absolute Gasteiger partial charge is 0.310 e. The Hall–Kier alpha value is -2.19. The van der Waals surface area contributed by atoms with Crippen LogP contribution in [0.2, 0.25) is 0 Å². The molecule has 21 heavy (non-hydrogen) atoms. The number of phenols is 1. The van der Waals surface area contributed by atoms with Crippen LogP contribution in [0.4, 0.5) is 5.69 Å². The lowest BCUT2D eigenvalue weighted by Crippen LogP contribution is -2.25. The second-order valence-electron chi connectivity index (χ2n) is 4.18. The molecule has 0 saturated heterocycles. The number of hydrogen-bond acceptors (Lipinski definition) is 6. The van der Waals surface area contributed by atoms with Crippen LogP contribution in [0, 0.1) is 10.1 Å². The highest BCUT2D eigenvalue weighted by molar-refractivity contribution is 5.95. The average molecular weight is 298 g/mol. The number of ether oxygens (including phenoxy) is 2. The molecule has 0 aliphatic carbocycles. The summed E-state index contributed by atoms with van der Waals surface area (Å²) in [5, 5.41) is 22.6. The largest absolute Gasteiger partial charge is 0.502 e. The number of methoxy groups -OCH3 is 1. The van der Waals surface area contributed by atoms with Crippen LogP contribution in [-0.2, 0) is 9.47 Å². The molecule has 1 aromatic rings. The Kier molecular flexibility index (Phi) is 7.13. The number of nitro benzene ring substituents is 1. The van der Waals surface area contributed by atoms with E-state index in [1.165, 1.54) is 6.07 Å². The lowest BCUT2D eigenvalue weighted by atomic mass is 10.2. The molecule has 2 N–H and O–H groups in total. The van der Waals surface area contributed by atoms with Gasteiger partial charge in [-0.1, -0.05) is 0 Å². The Labute approximate surface area is 121 Å². The lowest BCUT2D eigenvalue weighted by molar-refractivity contribution is -0.385. The molecule has 0 fully saturated rings. The summed E-state index contributed by atoms with van der Waals surface area (Å²) in [5.74, 6) is -0.937. The average Bonchev–Trinajstić information content (AvgIpc) is 2.45. The van der Waals surface area contributed by atoms with E-state index in [4.69, 9.17) is 9.47 Å². The number of rotatable bonds is 9. The Balaban J connectivity index is 2.35. The van der Waals surface area contributed by atoms with Gasteiger partial charge in [0.2, 0.25) is 0 Å². The molecule has 8 heteroatoms. The van der Waals surface area contributed by atoms with E-state index in [1.54, 1.807) is 7.11 Å². The van der Waals surface area contributed by atoms with E-state index < -0.39 is 22.3 Å². The summed E-state index contributed by atoms with van der Waals surface area (Å²) in [4.78, 5) is 21.6. The van der Waals surface area contributed by atoms with Crippen molar-refractivity contribution < 1.29 is 24.3 Å². The molecule has 1 rings (SSSR count). The van der Waals surface area contributed by atoms with Crippen LogP contribution in [0.15, 0.2) is 18.2 Å². The van der Waals surface area contributed by atoms with Gasteiger partial charge in [-0.2, -0.15) is 0 Å². The molecule has 0 radical (unpaired) electrons. The number of amides is 1. The summed E-state index contributed by atoms with van der Waals surface area (Å²) in [7, 11) is 1.59. The molecule has 0 atom stereocenters. The van der Waals surface area contributed by atoms with Gasteiger partial charge in [-0.15, -0.1) is 0 Å². The van der Waals surface area contributed by atoms with Gasteiger partial charge in [0.15, 0.2) is 5.75 Å². The molecule has 1 amide bonds. The quantitative estimate of drug-likeness (QED) is 0.401. The fraction of sp³-hybridized carbons (Fsp3) is 0.462. The molecular weight excluding hydrogens is 280 g/mol. The van der Waals surface area contributed by atoms with Crippen molar-refractivity contribution in [1.82, 2.24) is 5.32 Å². The van der Waals surface area contributed by atoms with E-state index in [-0.39, 0.29) is 5.56 Å². The van der Waals surface area contributed by atoms with E-state index in [9.17, 15) is 20.0 Å². The third-order valence-corrected chi connectivity index (χ3v) is 2.62. The predicted octanol–water partition coefficient (Wildman–Crippen LogP) is 1.08. The summed E-state index contributed by atoms with van der Waals surface area (Å²) in [5.41, 5.74) is -0.267. The molecule has 0 aromatic heterocycles. The van der Waals surface area contributed by atoms with Crippen molar-refractivity contribution in [3.63, 3.8) is 0 Å². The lowest BCUT2D eigenvalue weighted by Gasteiger charge is -2.06. The standard InChI is InChI=1S/C13H18N2O6/c1-20-7-8-21-6-2-5-14-13(17)10-3-4-11(15(18)19)12(16)9-10/h3-4,9,16H,2,5-8H2,1H3,(H,14,17). The first-order chi connectivity index (χ1) is 10.1. The van der Waals surface area contributed by atoms with Gasteiger partial charge in [0.25, 0.3) is 5.91 Å². The maximum absolute atomic E-state index is 11.8. The van der Waals surface area contributed by atoms with Gasteiger partial charge < -0.3 is 19.9 Å². The van der Waals surface area contributed by atoms with Crippen molar-refractivity contribution in [2.75, 3.05) is 33.5 Å². The Morgan fingerprint density at radius 1 is 1.38 bits per heavy atom. The molecule has 0 aliphatic heterocycles. The number of nitro groups is 1. The monoisotopic (exact) mass is 298 g/mol. The van der Waals surface area contributed by atoms with Crippen LogP contribution < -0.4 is 5.32 Å². The molecule has 116 valence electrons. The molecule has 1 aromatic carbocycles. The SMILES string of the molecule is COCCOCCCNC(=O)c1ccc([N+](=O)[O-])c(O)c1. The van der Waals surface area contributed by atoms with Gasteiger partial charge in [-0.3, -0.25) is 14.9 Å². The number of nitrogens with one attached hydrogen (secondary N) is 1. The summed E-state index contributed by atoms with van der Waals surface area (Å²) in [6, 6.07) is 3.46. The van der Waals surface area contributed by atoms with E-state index in [0.717, 1.165) is 12.1 Å². The van der Waals surface area contributed by atoms with Crippen LogP contribution >= 0.6 is 0 Å². The Morgan fingerprint density at radius 2 is 2.14 bits per heavy atom. The van der Waals surface area contributed by atoms with Crippen LogP contribution in [0.3, 0.4) is 0 Å². The van der Waals surface area contributed by atoms with Gasteiger partial charge in [0.05, 0.1) is 18.1 Å². The van der Waals surface area contributed by atoms with Gasteiger partial charge in [-0.25, -0.2) is 0 Å². The number of carbonyl (C=O) groups is 1. The zero-order valence-electron chi connectivity index (χ0n) is 11.7. The van der Waals surface area contributed by atoms with Gasteiger partial charge in [-0.05, 0) is 18.6 Å². The van der Waals surface area contributed by atoms with Crippen molar-refractivity contribution >= 4 is 11.6 Å². The fourth-order valence-corrected chi connectivity index (χ4v) is 1.54. The minimum atomic E-state index is -0.714. The molecule has 0 unspecified atom stereocenters. The number of phenolic OH excluding ortho intramolecular Hbond substituents is 1. The summed E-state index contributed by atoms with van der Waals surface area (Å²) in [6.07, 6.45) is 0.633. The minimum Gasteiger partial charge on any atom is -0.502 e. The van der Waals surface area contributed by atoms with Crippen molar-refractivity contribution in [2.45, 2.75) is 6.42 Å². The molecule has 0 aliphatic rings. The maximum Gasteiger partial charge on any atom is 0.310 e. The highest BCUT2D eigenvalue weighted by atomic mass is 16.6. The van der Waals surface area contributed by atoms with E-state index in [2.05, 4.69) is 5.32 Å². The summed E-state index contributed by atoms with van der Waals surface area (Å²) in [6.45, 7) is 1.92. The normalized spacial score (nSPS) is 10.3. The summed E-state index contributed by atoms with van der Waals surface area (Å²) < 4.78 is 10.0. The molecule has 0 bridgehead atoms. The maximum atomic E-state index is 11.8. The highest BCUT2D eigenvalue weighted by Crippen LogP contribution is 2.26. The molecule has 0 saturated carbocycles. The van der Waals surface area contributed by atoms with Gasteiger partial charge >= 0.3 is 5.69 Å². The zero-order valence-corrected chi connectivity index (χ0v) is 11.7. The Bertz CT molecular complexity index is 492. The molecule has 8 nitrogen and oxygen atoms in total. The molecule has 0 heterocycles.